The van der Waals surface area contributed by atoms with E-state index >= 15 is 0 Å². The first-order chi connectivity index (χ1) is 11.5. The second-order valence-electron chi connectivity index (χ2n) is 6.55. The van der Waals surface area contributed by atoms with E-state index in [-0.39, 0.29) is 17.8 Å². The van der Waals surface area contributed by atoms with Gasteiger partial charge < -0.3 is 9.64 Å². The molecule has 0 radical (unpaired) electrons. The minimum atomic E-state index is -0.618. The summed E-state index contributed by atoms with van der Waals surface area (Å²) in [6, 6.07) is 5.59. The second kappa shape index (κ2) is 6.79. The average molecular weight is 334 g/mol. The molecule has 0 atom stereocenters. The molecule has 1 aliphatic heterocycles. The molecule has 1 saturated heterocycles. The fourth-order valence-electron chi connectivity index (χ4n) is 3.67. The fourth-order valence-corrected chi connectivity index (χ4v) is 3.67. The van der Waals surface area contributed by atoms with Crippen molar-refractivity contribution in [1.29, 1.82) is 0 Å². The molecule has 0 aromatic heterocycles. The number of rotatable bonds is 5. The summed E-state index contributed by atoms with van der Waals surface area (Å²) in [5.41, 5.74) is -0.618. The van der Waals surface area contributed by atoms with Crippen molar-refractivity contribution in [1.82, 2.24) is 9.80 Å². The first-order valence-corrected chi connectivity index (χ1v) is 8.53. The normalized spacial score (nSPS) is 20.1. The van der Waals surface area contributed by atoms with Crippen molar-refractivity contribution in [2.75, 3.05) is 20.2 Å². The van der Waals surface area contributed by atoms with Crippen LogP contribution in [0.2, 0.25) is 0 Å². The third kappa shape index (κ3) is 2.97. The van der Waals surface area contributed by atoms with E-state index in [9.17, 15) is 14.0 Å². The summed E-state index contributed by atoms with van der Waals surface area (Å²) in [7, 11) is 1.74. The predicted molar refractivity (Wildman–Crippen MR) is 87.2 cm³/mol. The van der Waals surface area contributed by atoms with Crippen LogP contribution in [0.4, 0.5) is 9.18 Å². The molecule has 1 saturated carbocycles. The second-order valence-corrected chi connectivity index (χ2v) is 6.55. The van der Waals surface area contributed by atoms with Crippen LogP contribution in [0.1, 0.15) is 38.5 Å². The molecule has 0 unspecified atom stereocenters. The smallest absolute Gasteiger partial charge is 0.327 e. The zero-order valence-corrected chi connectivity index (χ0v) is 14.0. The lowest BCUT2D eigenvalue weighted by molar-refractivity contribution is -0.134. The molecule has 1 spiro atoms. The standard InChI is InChI=1S/C18H23FN2O3/c1-20-17(23)21(16(22)18(20)10-3-2-4-11-18)12-5-13-24-15-8-6-14(19)7-9-15/h6-9H,2-5,10-13H2,1H3. The van der Waals surface area contributed by atoms with E-state index in [4.69, 9.17) is 4.74 Å². The van der Waals surface area contributed by atoms with Crippen LogP contribution in [0.25, 0.3) is 0 Å². The summed E-state index contributed by atoms with van der Waals surface area (Å²) in [6.45, 7) is 0.727. The van der Waals surface area contributed by atoms with Gasteiger partial charge in [-0.15, -0.1) is 0 Å². The molecule has 3 amide bonds. The summed E-state index contributed by atoms with van der Waals surface area (Å²) in [4.78, 5) is 28.2. The highest BCUT2D eigenvalue weighted by Crippen LogP contribution is 2.39. The molecule has 5 nitrogen and oxygen atoms in total. The molecular weight excluding hydrogens is 311 g/mol. The maximum absolute atomic E-state index is 12.8. The topological polar surface area (TPSA) is 49.9 Å². The number of carbonyl (C=O) groups excluding carboxylic acids is 2. The number of halogens is 1. The number of amides is 3. The molecule has 1 aromatic rings. The van der Waals surface area contributed by atoms with Crippen molar-refractivity contribution in [3.8, 4) is 5.75 Å². The lowest BCUT2D eigenvalue weighted by Crippen LogP contribution is -2.49. The molecule has 0 N–H and O–H groups in total. The van der Waals surface area contributed by atoms with Gasteiger partial charge in [0, 0.05) is 13.6 Å². The molecule has 3 rings (SSSR count). The Kier molecular flexibility index (Phi) is 4.73. The molecule has 24 heavy (non-hydrogen) atoms. The summed E-state index contributed by atoms with van der Waals surface area (Å²) in [5, 5.41) is 0. The van der Waals surface area contributed by atoms with Gasteiger partial charge in [-0.3, -0.25) is 9.69 Å². The van der Waals surface area contributed by atoms with Gasteiger partial charge in [0.1, 0.15) is 17.1 Å². The van der Waals surface area contributed by atoms with Crippen LogP contribution < -0.4 is 4.74 Å². The quantitative estimate of drug-likeness (QED) is 0.614. The summed E-state index contributed by atoms with van der Waals surface area (Å²) < 4.78 is 18.4. The van der Waals surface area contributed by atoms with E-state index in [2.05, 4.69) is 0 Å². The Hall–Kier alpha value is -2.11. The van der Waals surface area contributed by atoms with Gasteiger partial charge >= 0.3 is 6.03 Å². The number of hydrogen-bond donors (Lipinski definition) is 0. The summed E-state index contributed by atoms with van der Waals surface area (Å²) >= 11 is 0. The fraction of sp³-hybridized carbons (Fsp3) is 0.556. The Morgan fingerprint density at radius 3 is 2.46 bits per heavy atom. The molecular formula is C18H23FN2O3. The molecule has 1 aromatic carbocycles. The van der Waals surface area contributed by atoms with Gasteiger partial charge in [-0.1, -0.05) is 19.3 Å². The van der Waals surface area contributed by atoms with Crippen LogP contribution in [-0.4, -0.2) is 47.5 Å². The minimum absolute atomic E-state index is 0.0588. The Morgan fingerprint density at radius 2 is 1.79 bits per heavy atom. The number of hydrogen-bond acceptors (Lipinski definition) is 3. The van der Waals surface area contributed by atoms with Crippen molar-refractivity contribution >= 4 is 11.9 Å². The van der Waals surface area contributed by atoms with Gasteiger partial charge in [0.05, 0.1) is 6.61 Å². The van der Waals surface area contributed by atoms with Gasteiger partial charge in [0.2, 0.25) is 0 Å². The number of nitrogens with zero attached hydrogens (tertiary/aromatic N) is 2. The summed E-state index contributed by atoms with van der Waals surface area (Å²) in [5.74, 6) is 0.212. The highest BCUT2D eigenvalue weighted by molar-refractivity contribution is 6.06. The number of benzene rings is 1. The zero-order chi connectivity index (χ0) is 17.2. The Labute approximate surface area is 141 Å². The maximum atomic E-state index is 12.8. The Balaban J connectivity index is 1.54. The van der Waals surface area contributed by atoms with Crippen LogP contribution in [0.5, 0.6) is 5.75 Å². The van der Waals surface area contributed by atoms with Gasteiger partial charge in [0.15, 0.2) is 0 Å². The van der Waals surface area contributed by atoms with Crippen molar-refractivity contribution in [2.45, 2.75) is 44.1 Å². The molecule has 130 valence electrons. The highest BCUT2D eigenvalue weighted by Gasteiger charge is 2.55. The van der Waals surface area contributed by atoms with E-state index in [1.54, 1.807) is 24.1 Å². The van der Waals surface area contributed by atoms with E-state index in [1.165, 1.54) is 17.0 Å². The lowest BCUT2D eigenvalue weighted by Gasteiger charge is -2.35. The third-order valence-corrected chi connectivity index (χ3v) is 5.09. The number of likely N-dealkylation sites (N-methyl/N-ethyl adjacent to an activating group) is 1. The van der Waals surface area contributed by atoms with E-state index in [1.807, 2.05) is 0 Å². The maximum Gasteiger partial charge on any atom is 0.327 e. The van der Waals surface area contributed by atoms with Gasteiger partial charge in [-0.2, -0.15) is 0 Å². The van der Waals surface area contributed by atoms with Crippen LogP contribution in [-0.2, 0) is 4.79 Å². The molecule has 6 heteroatoms. The molecule has 1 heterocycles. The van der Waals surface area contributed by atoms with Crippen molar-refractivity contribution < 1.29 is 18.7 Å². The third-order valence-electron chi connectivity index (χ3n) is 5.09. The monoisotopic (exact) mass is 334 g/mol. The number of carbonyl (C=O) groups is 2. The first kappa shape index (κ1) is 16.7. The van der Waals surface area contributed by atoms with Crippen LogP contribution in [0, 0.1) is 5.82 Å². The summed E-state index contributed by atoms with van der Waals surface area (Å²) in [6.07, 6.45) is 5.18. The van der Waals surface area contributed by atoms with Crippen molar-refractivity contribution in [3.63, 3.8) is 0 Å². The van der Waals surface area contributed by atoms with E-state index < -0.39 is 5.54 Å². The van der Waals surface area contributed by atoms with Crippen LogP contribution >= 0.6 is 0 Å². The minimum Gasteiger partial charge on any atom is -0.494 e. The average Bonchev–Trinajstić information content (AvgIpc) is 2.77. The lowest BCUT2D eigenvalue weighted by atomic mass is 9.81. The van der Waals surface area contributed by atoms with Gasteiger partial charge in [0.25, 0.3) is 5.91 Å². The van der Waals surface area contributed by atoms with Crippen LogP contribution in [0.3, 0.4) is 0 Å². The molecule has 2 fully saturated rings. The molecule has 2 aliphatic rings. The highest BCUT2D eigenvalue weighted by atomic mass is 19.1. The van der Waals surface area contributed by atoms with E-state index in [0.717, 1.165) is 32.1 Å². The SMILES string of the molecule is CN1C(=O)N(CCCOc2ccc(F)cc2)C(=O)C12CCCCC2. The zero-order valence-electron chi connectivity index (χ0n) is 14.0. The molecule has 0 bridgehead atoms. The first-order valence-electron chi connectivity index (χ1n) is 8.53. The van der Waals surface area contributed by atoms with Gasteiger partial charge in [-0.25, -0.2) is 9.18 Å². The Bertz CT molecular complexity index is 611. The largest absolute Gasteiger partial charge is 0.494 e. The predicted octanol–water partition coefficient (Wildman–Crippen LogP) is 3.19. The van der Waals surface area contributed by atoms with Crippen LogP contribution in [0.15, 0.2) is 24.3 Å². The Morgan fingerprint density at radius 1 is 1.12 bits per heavy atom. The number of imide groups is 1. The number of urea groups is 1. The molecule has 1 aliphatic carbocycles. The van der Waals surface area contributed by atoms with Crippen molar-refractivity contribution in [3.05, 3.63) is 30.1 Å². The van der Waals surface area contributed by atoms with E-state index in [0.29, 0.717) is 25.3 Å². The van der Waals surface area contributed by atoms with Gasteiger partial charge in [-0.05, 0) is 43.5 Å². The number of ether oxygens (including phenoxy) is 1. The van der Waals surface area contributed by atoms with Crippen molar-refractivity contribution in [2.24, 2.45) is 0 Å².